The van der Waals surface area contributed by atoms with Gasteiger partial charge in [0.15, 0.2) is 11.6 Å². The Bertz CT molecular complexity index is 980. The molecule has 0 N–H and O–H groups in total. The molecule has 0 aromatic heterocycles. The van der Waals surface area contributed by atoms with Crippen molar-refractivity contribution in [1.82, 2.24) is 0 Å². The summed E-state index contributed by atoms with van der Waals surface area (Å²) in [5.74, 6) is -1.98. The zero-order valence-corrected chi connectivity index (χ0v) is 18.2. The van der Waals surface area contributed by atoms with Crippen LogP contribution in [0.2, 0.25) is 0 Å². The molecule has 1 fully saturated rings. The van der Waals surface area contributed by atoms with Crippen molar-refractivity contribution in [3.8, 4) is 11.1 Å². The van der Waals surface area contributed by atoms with E-state index in [1.165, 1.54) is 6.08 Å². The Hall–Kier alpha value is -2.59. The molecule has 0 aliphatic heterocycles. The van der Waals surface area contributed by atoms with Gasteiger partial charge >= 0.3 is 0 Å². The van der Waals surface area contributed by atoms with E-state index in [0.29, 0.717) is 35.1 Å². The van der Waals surface area contributed by atoms with Gasteiger partial charge in [-0.05, 0) is 73.8 Å². The van der Waals surface area contributed by atoms with Crippen LogP contribution in [0.4, 0.5) is 13.2 Å². The van der Waals surface area contributed by atoms with Gasteiger partial charge in [-0.1, -0.05) is 55.1 Å². The van der Waals surface area contributed by atoms with Gasteiger partial charge < -0.3 is 4.74 Å². The Morgan fingerprint density at radius 1 is 1.00 bits per heavy atom. The second-order valence-corrected chi connectivity index (χ2v) is 8.41. The molecule has 0 amide bonds. The van der Waals surface area contributed by atoms with Gasteiger partial charge in [0.05, 0.1) is 12.7 Å². The van der Waals surface area contributed by atoms with Gasteiger partial charge in [-0.2, -0.15) is 0 Å². The van der Waals surface area contributed by atoms with Crippen molar-refractivity contribution in [2.45, 2.75) is 51.6 Å². The molecule has 0 spiro atoms. The van der Waals surface area contributed by atoms with E-state index in [1.807, 2.05) is 19.1 Å². The molecular formula is C27H29F3O. The minimum Gasteiger partial charge on any atom is -0.374 e. The molecule has 31 heavy (non-hydrogen) atoms. The zero-order chi connectivity index (χ0) is 22.5. The summed E-state index contributed by atoms with van der Waals surface area (Å²) in [6.07, 6.45) is 4.26. The average molecular weight is 427 g/mol. The monoisotopic (exact) mass is 426 g/mol. The maximum atomic E-state index is 14.9. The lowest BCUT2D eigenvalue weighted by Gasteiger charge is -2.29. The van der Waals surface area contributed by atoms with Crippen molar-refractivity contribution in [2.24, 2.45) is 0 Å². The van der Waals surface area contributed by atoms with Gasteiger partial charge in [0.1, 0.15) is 5.83 Å². The van der Waals surface area contributed by atoms with Crippen LogP contribution in [0, 0.1) is 18.6 Å². The van der Waals surface area contributed by atoms with Crippen LogP contribution in [-0.2, 0) is 4.74 Å². The Morgan fingerprint density at radius 3 is 2.26 bits per heavy atom. The first-order valence-electron chi connectivity index (χ1n) is 10.6. The minimum absolute atomic E-state index is 0.00836. The first-order valence-corrected chi connectivity index (χ1v) is 10.6. The fourth-order valence-electron chi connectivity index (χ4n) is 3.95. The van der Waals surface area contributed by atoms with E-state index >= 15 is 0 Å². The van der Waals surface area contributed by atoms with E-state index < -0.39 is 17.5 Å². The van der Waals surface area contributed by atoms with Crippen molar-refractivity contribution in [3.05, 3.63) is 95.4 Å². The third-order valence-electron chi connectivity index (χ3n) is 5.83. The predicted molar refractivity (Wildman–Crippen MR) is 121 cm³/mol. The van der Waals surface area contributed by atoms with Gasteiger partial charge in [-0.15, -0.1) is 0 Å². The van der Waals surface area contributed by atoms with E-state index in [4.69, 9.17) is 4.74 Å². The highest BCUT2D eigenvalue weighted by molar-refractivity contribution is 5.65. The Kier molecular flexibility index (Phi) is 7.55. The minimum atomic E-state index is -0.789. The number of halogens is 3. The van der Waals surface area contributed by atoms with E-state index in [9.17, 15) is 13.2 Å². The highest BCUT2D eigenvalue weighted by Crippen LogP contribution is 2.38. The van der Waals surface area contributed by atoms with Crippen LogP contribution in [0.1, 0.15) is 49.7 Å². The summed E-state index contributed by atoms with van der Waals surface area (Å²) in [6.45, 7) is 11.2. The number of ether oxygens (including phenoxy) is 1. The van der Waals surface area contributed by atoms with E-state index in [2.05, 4.69) is 13.2 Å². The quantitative estimate of drug-likeness (QED) is 0.408. The van der Waals surface area contributed by atoms with Crippen molar-refractivity contribution < 1.29 is 17.9 Å². The Morgan fingerprint density at radius 2 is 1.65 bits per heavy atom. The maximum absolute atomic E-state index is 14.9. The van der Waals surface area contributed by atoms with Crippen molar-refractivity contribution >= 4 is 0 Å². The number of rotatable bonds is 7. The first kappa shape index (κ1) is 23.1. The molecule has 164 valence electrons. The standard InChI is InChI=1S/C27H29F3O/c1-17(2)25(28)15-19(4)16-31-22-11-9-21(10-12-22)24-14-13-23(26(29)27(24)30)20-7-5-18(3)6-8-20/h5-8,13-15,21-22H,1,4,9-12,16H2,2-3H3/b25-15+. The molecule has 3 rings (SSSR count). The second-order valence-electron chi connectivity index (χ2n) is 8.41. The molecule has 2 aromatic rings. The van der Waals surface area contributed by atoms with Gasteiger partial charge in [0, 0.05) is 5.56 Å². The summed E-state index contributed by atoms with van der Waals surface area (Å²) in [6, 6.07) is 10.8. The number of allylic oxidation sites excluding steroid dienone is 2. The van der Waals surface area contributed by atoms with Crippen molar-refractivity contribution in [2.75, 3.05) is 6.61 Å². The molecule has 2 aromatic carbocycles. The number of hydrogen-bond donors (Lipinski definition) is 0. The number of benzene rings is 2. The molecule has 0 radical (unpaired) electrons. The molecule has 0 bridgehead atoms. The van der Waals surface area contributed by atoms with Crippen LogP contribution in [0.3, 0.4) is 0 Å². The van der Waals surface area contributed by atoms with Crippen molar-refractivity contribution in [3.63, 3.8) is 0 Å². The molecule has 0 saturated heterocycles. The Balaban J connectivity index is 1.60. The lowest BCUT2D eigenvalue weighted by Crippen LogP contribution is -2.22. The lowest BCUT2D eigenvalue weighted by molar-refractivity contribution is 0.0393. The van der Waals surface area contributed by atoms with E-state index in [1.54, 1.807) is 31.2 Å². The van der Waals surface area contributed by atoms with Crippen LogP contribution in [0.25, 0.3) is 11.1 Å². The van der Waals surface area contributed by atoms with Crippen LogP contribution < -0.4 is 0 Å². The fourth-order valence-corrected chi connectivity index (χ4v) is 3.95. The molecule has 4 heteroatoms. The van der Waals surface area contributed by atoms with Gasteiger partial charge in [0.2, 0.25) is 0 Å². The third kappa shape index (κ3) is 5.76. The largest absolute Gasteiger partial charge is 0.374 e. The fraction of sp³-hybridized carbons (Fsp3) is 0.333. The lowest BCUT2D eigenvalue weighted by atomic mass is 9.82. The summed E-state index contributed by atoms with van der Waals surface area (Å²) in [7, 11) is 0. The molecular weight excluding hydrogens is 397 g/mol. The highest BCUT2D eigenvalue weighted by Gasteiger charge is 2.27. The summed E-state index contributed by atoms with van der Waals surface area (Å²) in [5, 5.41) is 0. The second kappa shape index (κ2) is 10.1. The first-order chi connectivity index (χ1) is 14.8. The van der Waals surface area contributed by atoms with Gasteiger partial charge in [-0.25, -0.2) is 13.2 Å². The van der Waals surface area contributed by atoms with Crippen LogP contribution in [0.15, 0.2) is 72.6 Å². The van der Waals surface area contributed by atoms with Crippen LogP contribution >= 0.6 is 0 Å². The SMILES string of the molecule is C=C(/C=C(/F)C(=C)C)COC1CCC(c2ccc(-c3ccc(C)cc3)c(F)c2F)CC1. The Labute approximate surface area is 182 Å². The number of hydrogen-bond acceptors (Lipinski definition) is 1. The normalized spacial score (nSPS) is 19.3. The smallest absolute Gasteiger partial charge is 0.166 e. The number of aryl methyl sites for hydroxylation is 1. The van der Waals surface area contributed by atoms with Gasteiger partial charge in [-0.3, -0.25) is 0 Å². The molecule has 1 saturated carbocycles. The summed E-state index contributed by atoms with van der Waals surface area (Å²) in [4.78, 5) is 0. The van der Waals surface area contributed by atoms with Crippen LogP contribution in [-0.4, -0.2) is 12.7 Å². The molecule has 0 heterocycles. The maximum Gasteiger partial charge on any atom is 0.166 e. The van der Waals surface area contributed by atoms with Crippen molar-refractivity contribution in [1.29, 1.82) is 0 Å². The zero-order valence-electron chi connectivity index (χ0n) is 18.2. The molecule has 0 unspecified atom stereocenters. The molecule has 0 atom stereocenters. The van der Waals surface area contributed by atoms with E-state index in [-0.39, 0.29) is 24.2 Å². The predicted octanol–water partition coefficient (Wildman–Crippen LogP) is 7.97. The molecule has 1 nitrogen and oxygen atoms in total. The summed E-state index contributed by atoms with van der Waals surface area (Å²) < 4.78 is 49.1. The highest BCUT2D eigenvalue weighted by atomic mass is 19.2. The topological polar surface area (TPSA) is 9.23 Å². The van der Waals surface area contributed by atoms with E-state index in [0.717, 1.165) is 18.4 Å². The molecule has 1 aliphatic carbocycles. The third-order valence-corrected chi connectivity index (χ3v) is 5.83. The molecule has 1 aliphatic rings. The average Bonchev–Trinajstić information content (AvgIpc) is 2.75. The van der Waals surface area contributed by atoms with Gasteiger partial charge in [0.25, 0.3) is 0 Å². The summed E-state index contributed by atoms with van der Waals surface area (Å²) >= 11 is 0. The summed E-state index contributed by atoms with van der Waals surface area (Å²) in [5.41, 5.74) is 3.35. The van der Waals surface area contributed by atoms with Crippen LogP contribution in [0.5, 0.6) is 0 Å².